The molecule has 2 N–H and O–H groups in total. The monoisotopic (exact) mass is 253 g/mol. The number of benzene rings is 1. The predicted octanol–water partition coefficient (Wildman–Crippen LogP) is 1.12. The summed E-state index contributed by atoms with van der Waals surface area (Å²) in [6, 6.07) is 4.89. The minimum atomic E-state index is -0.260. The maximum Gasteiger partial charge on any atom is 0.239 e. The minimum absolute atomic E-state index is 0.0698. The standard InChI is InChI=1S/C13H20FN3O/c1-4-16-13(18)9-17(3)12-7-5-6-11(14)10(12)8-15-2/h5-7,15H,4,8-9H2,1-3H3,(H,16,18). The third-order valence-electron chi connectivity index (χ3n) is 2.61. The van der Waals surface area contributed by atoms with E-state index in [2.05, 4.69) is 10.6 Å². The second-order valence-corrected chi connectivity index (χ2v) is 4.08. The van der Waals surface area contributed by atoms with Gasteiger partial charge in [0.1, 0.15) is 5.82 Å². The van der Waals surface area contributed by atoms with Gasteiger partial charge >= 0.3 is 0 Å². The van der Waals surface area contributed by atoms with Crippen LogP contribution in [0.5, 0.6) is 0 Å². The molecule has 100 valence electrons. The Labute approximate surface area is 107 Å². The molecule has 0 radical (unpaired) electrons. The van der Waals surface area contributed by atoms with Crippen LogP contribution in [0.2, 0.25) is 0 Å². The van der Waals surface area contributed by atoms with E-state index in [1.54, 1.807) is 25.1 Å². The summed E-state index contributed by atoms with van der Waals surface area (Å²) in [5.74, 6) is -0.329. The molecule has 0 heterocycles. The molecule has 18 heavy (non-hydrogen) atoms. The molecule has 0 aliphatic heterocycles. The van der Waals surface area contributed by atoms with E-state index in [0.717, 1.165) is 5.69 Å². The van der Waals surface area contributed by atoms with E-state index in [9.17, 15) is 9.18 Å². The van der Waals surface area contributed by atoms with Crippen molar-refractivity contribution >= 4 is 11.6 Å². The number of nitrogens with zero attached hydrogens (tertiary/aromatic N) is 1. The number of carbonyl (C=O) groups excluding carboxylic acids is 1. The van der Waals surface area contributed by atoms with Gasteiger partial charge < -0.3 is 15.5 Å². The molecule has 1 aromatic rings. The summed E-state index contributed by atoms with van der Waals surface area (Å²) in [5, 5.41) is 5.65. The highest BCUT2D eigenvalue weighted by molar-refractivity contribution is 5.81. The molecule has 0 bridgehead atoms. The van der Waals surface area contributed by atoms with E-state index in [4.69, 9.17) is 0 Å². The molecule has 0 aliphatic carbocycles. The lowest BCUT2D eigenvalue weighted by Gasteiger charge is -2.22. The van der Waals surface area contributed by atoms with Gasteiger partial charge in [0.15, 0.2) is 0 Å². The van der Waals surface area contributed by atoms with Crippen molar-refractivity contribution in [2.24, 2.45) is 0 Å². The first-order valence-corrected chi connectivity index (χ1v) is 6.00. The third-order valence-corrected chi connectivity index (χ3v) is 2.61. The van der Waals surface area contributed by atoms with Crippen LogP contribution >= 0.6 is 0 Å². The fourth-order valence-corrected chi connectivity index (χ4v) is 1.81. The molecular formula is C13H20FN3O. The molecule has 0 unspecified atom stereocenters. The van der Waals surface area contributed by atoms with Crippen LogP contribution in [0.4, 0.5) is 10.1 Å². The van der Waals surface area contributed by atoms with Gasteiger partial charge in [-0.15, -0.1) is 0 Å². The number of likely N-dealkylation sites (N-methyl/N-ethyl adjacent to an activating group) is 2. The molecule has 0 saturated heterocycles. The van der Waals surface area contributed by atoms with Gasteiger partial charge in [0.05, 0.1) is 6.54 Å². The Kier molecular flexibility index (Phi) is 5.58. The Balaban J connectivity index is 2.87. The average Bonchev–Trinajstić information content (AvgIpc) is 2.32. The lowest BCUT2D eigenvalue weighted by Crippen LogP contribution is -2.35. The molecule has 0 fully saturated rings. The van der Waals surface area contributed by atoms with Gasteiger partial charge in [-0.3, -0.25) is 4.79 Å². The number of carbonyl (C=O) groups is 1. The molecule has 0 spiro atoms. The van der Waals surface area contributed by atoms with Crippen LogP contribution in [0, 0.1) is 5.82 Å². The highest BCUT2D eigenvalue weighted by atomic mass is 19.1. The number of anilines is 1. The molecule has 1 rings (SSSR count). The van der Waals surface area contributed by atoms with E-state index in [0.29, 0.717) is 18.7 Å². The fraction of sp³-hybridized carbons (Fsp3) is 0.462. The predicted molar refractivity (Wildman–Crippen MR) is 71.1 cm³/mol. The van der Waals surface area contributed by atoms with E-state index in [1.807, 2.05) is 13.0 Å². The Morgan fingerprint density at radius 3 is 2.78 bits per heavy atom. The first-order chi connectivity index (χ1) is 8.60. The van der Waals surface area contributed by atoms with Crippen LogP contribution < -0.4 is 15.5 Å². The van der Waals surface area contributed by atoms with Gasteiger partial charge in [-0.2, -0.15) is 0 Å². The van der Waals surface area contributed by atoms with Crippen LogP contribution in [0.3, 0.4) is 0 Å². The first-order valence-electron chi connectivity index (χ1n) is 6.00. The molecule has 1 aromatic carbocycles. The van der Waals surface area contributed by atoms with Crippen molar-refractivity contribution in [2.75, 3.05) is 32.1 Å². The molecule has 0 aromatic heterocycles. The second kappa shape index (κ2) is 6.96. The number of rotatable bonds is 6. The molecule has 5 heteroatoms. The zero-order valence-corrected chi connectivity index (χ0v) is 11.1. The molecule has 4 nitrogen and oxygen atoms in total. The zero-order chi connectivity index (χ0) is 13.5. The summed E-state index contributed by atoms with van der Waals surface area (Å²) in [4.78, 5) is 13.3. The lowest BCUT2D eigenvalue weighted by molar-refractivity contribution is -0.119. The van der Waals surface area contributed by atoms with Gasteiger partial charge in [-0.05, 0) is 26.1 Å². The highest BCUT2D eigenvalue weighted by Gasteiger charge is 2.13. The smallest absolute Gasteiger partial charge is 0.239 e. The Bertz CT molecular complexity index is 409. The van der Waals surface area contributed by atoms with Crippen molar-refractivity contribution in [1.29, 1.82) is 0 Å². The van der Waals surface area contributed by atoms with Crippen molar-refractivity contribution in [1.82, 2.24) is 10.6 Å². The fourth-order valence-electron chi connectivity index (χ4n) is 1.81. The Hall–Kier alpha value is -1.62. The topological polar surface area (TPSA) is 44.4 Å². The van der Waals surface area contributed by atoms with Crippen LogP contribution in [-0.4, -0.2) is 33.1 Å². The summed E-state index contributed by atoms with van der Waals surface area (Å²) in [5.41, 5.74) is 1.31. The second-order valence-electron chi connectivity index (χ2n) is 4.08. The number of amides is 1. The van der Waals surface area contributed by atoms with Crippen LogP contribution in [0.1, 0.15) is 12.5 Å². The number of hydrogen-bond donors (Lipinski definition) is 2. The average molecular weight is 253 g/mol. The van der Waals surface area contributed by atoms with Crippen LogP contribution in [0.15, 0.2) is 18.2 Å². The largest absolute Gasteiger partial charge is 0.365 e. The number of halogens is 1. The summed E-state index contributed by atoms with van der Waals surface area (Å²) in [6.45, 7) is 3.11. The number of hydrogen-bond acceptors (Lipinski definition) is 3. The van der Waals surface area contributed by atoms with E-state index < -0.39 is 0 Å². The van der Waals surface area contributed by atoms with E-state index in [-0.39, 0.29) is 18.3 Å². The van der Waals surface area contributed by atoms with Crippen molar-refractivity contribution in [3.63, 3.8) is 0 Å². The summed E-state index contributed by atoms with van der Waals surface area (Å²) in [7, 11) is 3.54. The maximum atomic E-state index is 13.7. The quantitative estimate of drug-likeness (QED) is 0.798. The molecule has 1 amide bonds. The van der Waals surface area contributed by atoms with Gasteiger partial charge in [0.2, 0.25) is 5.91 Å². The van der Waals surface area contributed by atoms with Gasteiger partial charge in [0.25, 0.3) is 0 Å². The first kappa shape index (κ1) is 14.4. The summed E-state index contributed by atoms with van der Waals surface area (Å²) < 4.78 is 13.7. The summed E-state index contributed by atoms with van der Waals surface area (Å²) >= 11 is 0. The van der Waals surface area contributed by atoms with Gasteiger partial charge in [0, 0.05) is 31.4 Å². The maximum absolute atomic E-state index is 13.7. The van der Waals surface area contributed by atoms with Crippen LogP contribution in [-0.2, 0) is 11.3 Å². The molecular weight excluding hydrogens is 233 g/mol. The molecule has 0 atom stereocenters. The SMILES string of the molecule is CCNC(=O)CN(C)c1cccc(F)c1CNC. The summed E-state index contributed by atoms with van der Waals surface area (Å²) in [6.07, 6.45) is 0. The Morgan fingerprint density at radius 1 is 1.44 bits per heavy atom. The third kappa shape index (κ3) is 3.70. The van der Waals surface area contributed by atoms with Gasteiger partial charge in [-0.25, -0.2) is 4.39 Å². The number of nitrogens with one attached hydrogen (secondary N) is 2. The normalized spacial score (nSPS) is 10.2. The van der Waals surface area contributed by atoms with E-state index >= 15 is 0 Å². The van der Waals surface area contributed by atoms with Crippen molar-refractivity contribution < 1.29 is 9.18 Å². The van der Waals surface area contributed by atoms with Crippen LogP contribution in [0.25, 0.3) is 0 Å². The van der Waals surface area contributed by atoms with Crippen molar-refractivity contribution in [3.8, 4) is 0 Å². The Morgan fingerprint density at radius 2 is 2.17 bits per heavy atom. The van der Waals surface area contributed by atoms with E-state index in [1.165, 1.54) is 6.07 Å². The molecule has 0 aliphatic rings. The minimum Gasteiger partial charge on any atom is -0.365 e. The lowest BCUT2D eigenvalue weighted by atomic mass is 10.1. The van der Waals surface area contributed by atoms with Gasteiger partial charge in [-0.1, -0.05) is 6.07 Å². The zero-order valence-electron chi connectivity index (χ0n) is 11.1. The highest BCUT2D eigenvalue weighted by Crippen LogP contribution is 2.21. The molecule has 0 saturated carbocycles. The van der Waals surface area contributed by atoms with Crippen molar-refractivity contribution in [2.45, 2.75) is 13.5 Å². The van der Waals surface area contributed by atoms with Crippen molar-refractivity contribution in [3.05, 3.63) is 29.6 Å².